The minimum atomic E-state index is 0.869. The summed E-state index contributed by atoms with van der Waals surface area (Å²) in [7, 11) is 2.08. The summed E-state index contributed by atoms with van der Waals surface area (Å²) in [5, 5.41) is 0. The Morgan fingerprint density at radius 1 is 1.40 bits per heavy atom. The van der Waals surface area contributed by atoms with Gasteiger partial charge >= 0.3 is 0 Å². The molecule has 0 radical (unpaired) electrons. The number of hydrogen-bond acceptors (Lipinski definition) is 1. The largest absolute Gasteiger partial charge is 0.347 e. The van der Waals surface area contributed by atoms with Crippen LogP contribution in [-0.2, 0) is 13.6 Å². The molecule has 15 heavy (non-hydrogen) atoms. The van der Waals surface area contributed by atoms with Gasteiger partial charge in [-0.3, -0.25) is 0 Å². The molecule has 0 aliphatic heterocycles. The molecule has 0 aromatic carbocycles. The monoisotopic (exact) mass is 201 g/mol. The van der Waals surface area contributed by atoms with E-state index in [2.05, 4.69) is 45.5 Å². The number of rotatable bonds is 3. The normalized spacial score (nSPS) is 11.3. The molecule has 0 unspecified atom stereocenters. The standard InChI is InChI=1S/C12H15N3/c1-3-4-11-5-6-12(14(11)2)9-15-8-7-13-10-15/h3-8,10H,9H2,1-2H3. The summed E-state index contributed by atoms with van der Waals surface area (Å²) in [5.74, 6) is 0. The Morgan fingerprint density at radius 2 is 2.27 bits per heavy atom. The lowest BCUT2D eigenvalue weighted by atomic mass is 10.4. The van der Waals surface area contributed by atoms with Crippen molar-refractivity contribution in [1.82, 2.24) is 14.1 Å². The zero-order valence-corrected chi connectivity index (χ0v) is 9.09. The van der Waals surface area contributed by atoms with Crippen molar-refractivity contribution in [2.24, 2.45) is 7.05 Å². The van der Waals surface area contributed by atoms with Crippen molar-refractivity contribution in [3.05, 3.63) is 48.3 Å². The first-order valence-corrected chi connectivity index (χ1v) is 5.04. The van der Waals surface area contributed by atoms with Crippen LogP contribution in [-0.4, -0.2) is 14.1 Å². The first-order chi connectivity index (χ1) is 7.31. The van der Waals surface area contributed by atoms with Crippen LogP contribution in [0.3, 0.4) is 0 Å². The minimum Gasteiger partial charge on any atom is -0.347 e. The van der Waals surface area contributed by atoms with Crippen molar-refractivity contribution in [2.75, 3.05) is 0 Å². The maximum Gasteiger partial charge on any atom is 0.0949 e. The van der Waals surface area contributed by atoms with E-state index in [0.717, 1.165) is 6.54 Å². The highest BCUT2D eigenvalue weighted by Gasteiger charge is 2.02. The number of hydrogen-bond donors (Lipinski definition) is 0. The Hall–Kier alpha value is -1.77. The van der Waals surface area contributed by atoms with Gasteiger partial charge in [0.2, 0.25) is 0 Å². The number of nitrogens with zero attached hydrogens (tertiary/aromatic N) is 3. The Balaban J connectivity index is 2.23. The van der Waals surface area contributed by atoms with E-state index in [-0.39, 0.29) is 0 Å². The first kappa shape index (κ1) is 9.77. The molecular formula is C12H15N3. The molecular weight excluding hydrogens is 186 g/mol. The molecule has 2 heterocycles. The summed E-state index contributed by atoms with van der Waals surface area (Å²) >= 11 is 0. The number of aromatic nitrogens is 3. The molecule has 3 nitrogen and oxygen atoms in total. The van der Waals surface area contributed by atoms with E-state index in [1.165, 1.54) is 11.4 Å². The van der Waals surface area contributed by atoms with Crippen molar-refractivity contribution in [3.63, 3.8) is 0 Å². The lowest BCUT2D eigenvalue weighted by Gasteiger charge is -2.05. The fourth-order valence-corrected chi connectivity index (χ4v) is 1.64. The maximum atomic E-state index is 4.03. The fourth-order valence-electron chi connectivity index (χ4n) is 1.64. The average Bonchev–Trinajstić information content (AvgIpc) is 2.83. The van der Waals surface area contributed by atoms with Gasteiger partial charge in [0.05, 0.1) is 12.9 Å². The van der Waals surface area contributed by atoms with Gasteiger partial charge in [-0.1, -0.05) is 6.08 Å². The van der Waals surface area contributed by atoms with Gasteiger partial charge < -0.3 is 9.13 Å². The Morgan fingerprint density at radius 3 is 2.93 bits per heavy atom. The molecule has 3 heteroatoms. The van der Waals surface area contributed by atoms with Crippen LogP contribution in [0.5, 0.6) is 0 Å². The van der Waals surface area contributed by atoms with E-state index in [9.17, 15) is 0 Å². The molecule has 0 saturated carbocycles. The van der Waals surface area contributed by atoms with Crippen molar-refractivity contribution >= 4 is 6.08 Å². The molecule has 2 aromatic heterocycles. The zero-order valence-electron chi connectivity index (χ0n) is 9.09. The highest BCUT2D eigenvalue weighted by molar-refractivity contribution is 5.46. The summed E-state index contributed by atoms with van der Waals surface area (Å²) < 4.78 is 4.26. The summed E-state index contributed by atoms with van der Waals surface area (Å²) in [6.07, 6.45) is 9.77. The number of allylic oxidation sites excluding steroid dienone is 1. The second-order valence-electron chi connectivity index (χ2n) is 3.54. The third kappa shape index (κ3) is 2.01. The van der Waals surface area contributed by atoms with E-state index in [0.29, 0.717) is 0 Å². The molecule has 0 N–H and O–H groups in total. The maximum absolute atomic E-state index is 4.03. The summed E-state index contributed by atoms with van der Waals surface area (Å²) in [5.41, 5.74) is 2.51. The second-order valence-corrected chi connectivity index (χ2v) is 3.54. The minimum absolute atomic E-state index is 0.869. The van der Waals surface area contributed by atoms with Gasteiger partial charge in [-0.15, -0.1) is 0 Å². The second kappa shape index (κ2) is 4.17. The van der Waals surface area contributed by atoms with Crippen LogP contribution < -0.4 is 0 Å². The molecule has 0 aliphatic carbocycles. The van der Waals surface area contributed by atoms with Gasteiger partial charge in [-0.25, -0.2) is 4.98 Å². The van der Waals surface area contributed by atoms with E-state index >= 15 is 0 Å². The Kier molecular flexibility index (Phi) is 2.72. The van der Waals surface area contributed by atoms with Gasteiger partial charge in [0.15, 0.2) is 0 Å². The molecule has 78 valence electrons. The Bertz CT molecular complexity index is 449. The summed E-state index contributed by atoms with van der Waals surface area (Å²) in [6, 6.07) is 4.28. The third-order valence-electron chi connectivity index (χ3n) is 2.51. The molecule has 0 fully saturated rings. The van der Waals surface area contributed by atoms with Crippen molar-refractivity contribution < 1.29 is 0 Å². The molecule has 0 amide bonds. The van der Waals surface area contributed by atoms with Crippen molar-refractivity contribution in [3.8, 4) is 0 Å². The zero-order chi connectivity index (χ0) is 10.7. The van der Waals surface area contributed by atoms with E-state index < -0.39 is 0 Å². The Labute approximate surface area is 89.7 Å². The van der Waals surface area contributed by atoms with Crippen LogP contribution in [0.4, 0.5) is 0 Å². The predicted octanol–water partition coefficient (Wildman–Crippen LogP) is 2.30. The molecule has 2 aromatic rings. The van der Waals surface area contributed by atoms with Gasteiger partial charge in [-0.2, -0.15) is 0 Å². The quantitative estimate of drug-likeness (QED) is 0.747. The molecule has 2 rings (SSSR count). The van der Waals surface area contributed by atoms with E-state index in [1.54, 1.807) is 6.20 Å². The highest BCUT2D eigenvalue weighted by Crippen LogP contribution is 2.10. The van der Waals surface area contributed by atoms with Crippen LogP contribution in [0.2, 0.25) is 0 Å². The molecule has 0 bridgehead atoms. The van der Waals surface area contributed by atoms with Crippen molar-refractivity contribution in [1.29, 1.82) is 0 Å². The topological polar surface area (TPSA) is 22.8 Å². The van der Waals surface area contributed by atoms with Gasteiger partial charge in [0, 0.05) is 30.8 Å². The average molecular weight is 201 g/mol. The SMILES string of the molecule is CC=Cc1ccc(Cn2ccnc2)n1C. The van der Waals surface area contributed by atoms with Gasteiger partial charge in [0.1, 0.15) is 0 Å². The molecule has 0 saturated heterocycles. The first-order valence-electron chi connectivity index (χ1n) is 5.04. The highest BCUT2D eigenvalue weighted by atomic mass is 15.1. The predicted molar refractivity (Wildman–Crippen MR) is 61.5 cm³/mol. The van der Waals surface area contributed by atoms with Gasteiger partial charge in [0.25, 0.3) is 0 Å². The third-order valence-corrected chi connectivity index (χ3v) is 2.51. The molecule has 0 aliphatic rings. The summed E-state index contributed by atoms with van der Waals surface area (Å²) in [4.78, 5) is 4.03. The lowest BCUT2D eigenvalue weighted by molar-refractivity contribution is 0.720. The molecule has 0 atom stereocenters. The van der Waals surface area contributed by atoms with E-state index in [4.69, 9.17) is 0 Å². The van der Waals surface area contributed by atoms with Crippen LogP contribution in [0.15, 0.2) is 36.9 Å². The lowest BCUT2D eigenvalue weighted by Crippen LogP contribution is -2.03. The van der Waals surface area contributed by atoms with Crippen LogP contribution in [0.25, 0.3) is 6.08 Å². The van der Waals surface area contributed by atoms with Crippen LogP contribution in [0, 0.1) is 0 Å². The van der Waals surface area contributed by atoms with E-state index in [1.807, 2.05) is 19.4 Å². The summed E-state index contributed by atoms with van der Waals surface area (Å²) in [6.45, 7) is 2.90. The smallest absolute Gasteiger partial charge is 0.0949 e. The number of imidazole rings is 1. The molecule has 0 spiro atoms. The van der Waals surface area contributed by atoms with Crippen molar-refractivity contribution in [2.45, 2.75) is 13.5 Å². The fraction of sp³-hybridized carbons (Fsp3) is 0.250. The van der Waals surface area contributed by atoms with Gasteiger partial charge in [-0.05, 0) is 25.1 Å². The van der Waals surface area contributed by atoms with Crippen LogP contribution in [0.1, 0.15) is 18.3 Å². The van der Waals surface area contributed by atoms with Crippen LogP contribution >= 0.6 is 0 Å².